The molecule has 114 valence electrons. The molecule has 21 heavy (non-hydrogen) atoms. The van der Waals surface area contributed by atoms with Crippen LogP contribution in [0.3, 0.4) is 0 Å². The van der Waals surface area contributed by atoms with Crippen molar-refractivity contribution in [2.45, 2.75) is 26.4 Å². The molecule has 0 bridgehead atoms. The largest absolute Gasteiger partial charge is 0.444 e. The van der Waals surface area contributed by atoms with Crippen LogP contribution in [0.4, 0.5) is 4.79 Å². The Hall–Kier alpha value is -1.49. The number of benzene rings is 1. The molecule has 5 heteroatoms. The van der Waals surface area contributed by atoms with Crippen LogP contribution in [0, 0.1) is 5.92 Å². The van der Waals surface area contributed by atoms with Crippen molar-refractivity contribution in [1.29, 1.82) is 0 Å². The molecule has 1 amide bonds. The van der Waals surface area contributed by atoms with Gasteiger partial charge in [0.15, 0.2) is 0 Å². The number of carbonyl (C=O) groups is 2. The first-order chi connectivity index (χ1) is 9.85. The third kappa shape index (κ3) is 4.77. The molecule has 0 atom stereocenters. The van der Waals surface area contributed by atoms with Gasteiger partial charge in [-0.15, -0.1) is 0 Å². The molecule has 1 aromatic carbocycles. The molecule has 0 N–H and O–H groups in total. The summed E-state index contributed by atoms with van der Waals surface area (Å²) in [7, 11) is 0. The van der Waals surface area contributed by atoms with Gasteiger partial charge in [0.05, 0.1) is 0 Å². The van der Waals surface area contributed by atoms with Crippen LogP contribution in [0.2, 0.25) is 0 Å². The molecule has 1 fully saturated rings. The van der Waals surface area contributed by atoms with Crippen LogP contribution in [0.25, 0.3) is 0 Å². The fourth-order valence-corrected chi connectivity index (χ4v) is 2.90. The van der Waals surface area contributed by atoms with Gasteiger partial charge in [-0.1, -0.05) is 42.1 Å². The Morgan fingerprint density at radius 1 is 1.24 bits per heavy atom. The van der Waals surface area contributed by atoms with E-state index < -0.39 is 5.60 Å². The molecule has 0 saturated carbocycles. The molecule has 0 spiro atoms. The third-order valence-corrected chi connectivity index (χ3v) is 4.20. The fraction of sp³-hybridized carbons (Fsp3) is 0.500. The molecule has 0 aromatic heterocycles. The molecular formula is C16H21NO3S. The van der Waals surface area contributed by atoms with Crippen molar-refractivity contribution in [3.05, 3.63) is 35.9 Å². The Balaban J connectivity index is 1.69. The molecule has 1 aliphatic rings. The zero-order chi connectivity index (χ0) is 15.5. The number of rotatable bonds is 3. The van der Waals surface area contributed by atoms with Crippen molar-refractivity contribution in [1.82, 2.24) is 4.90 Å². The summed E-state index contributed by atoms with van der Waals surface area (Å²) >= 11 is 1.32. The van der Waals surface area contributed by atoms with Crippen LogP contribution in [0.1, 0.15) is 31.1 Å². The van der Waals surface area contributed by atoms with Gasteiger partial charge in [0, 0.05) is 30.3 Å². The van der Waals surface area contributed by atoms with Gasteiger partial charge in [0.1, 0.15) is 5.60 Å². The minimum Gasteiger partial charge on any atom is -0.444 e. The SMILES string of the molecule is CC(C)(C)OC(=O)N1CC(CSC(=O)c2ccccc2)C1. The van der Waals surface area contributed by atoms with Crippen LogP contribution in [0.5, 0.6) is 0 Å². The summed E-state index contributed by atoms with van der Waals surface area (Å²) in [4.78, 5) is 25.4. The monoisotopic (exact) mass is 307 g/mol. The number of ether oxygens (including phenoxy) is 1. The molecule has 1 aromatic rings. The predicted molar refractivity (Wildman–Crippen MR) is 84.5 cm³/mol. The van der Waals surface area contributed by atoms with E-state index in [1.54, 1.807) is 4.90 Å². The zero-order valence-electron chi connectivity index (χ0n) is 12.7. The van der Waals surface area contributed by atoms with Gasteiger partial charge in [-0.05, 0) is 20.8 Å². The van der Waals surface area contributed by atoms with Gasteiger partial charge >= 0.3 is 6.09 Å². The highest BCUT2D eigenvalue weighted by molar-refractivity contribution is 8.14. The second kappa shape index (κ2) is 6.52. The number of hydrogen-bond donors (Lipinski definition) is 0. The quantitative estimate of drug-likeness (QED) is 0.858. The summed E-state index contributed by atoms with van der Waals surface area (Å²) in [5, 5.41) is 0.0892. The van der Waals surface area contributed by atoms with Gasteiger partial charge in [0.2, 0.25) is 5.12 Å². The average Bonchev–Trinajstić information content (AvgIpc) is 2.35. The van der Waals surface area contributed by atoms with Gasteiger partial charge in [0.25, 0.3) is 0 Å². The highest BCUT2D eigenvalue weighted by Gasteiger charge is 2.33. The molecule has 0 unspecified atom stereocenters. The Labute approximate surface area is 129 Å². The Morgan fingerprint density at radius 2 is 1.86 bits per heavy atom. The van der Waals surface area contributed by atoms with E-state index in [1.807, 2.05) is 51.1 Å². The second-order valence-electron chi connectivity index (χ2n) is 6.22. The van der Waals surface area contributed by atoms with E-state index in [1.165, 1.54) is 11.8 Å². The fourth-order valence-electron chi connectivity index (χ4n) is 2.00. The van der Waals surface area contributed by atoms with E-state index in [4.69, 9.17) is 4.74 Å². The molecular weight excluding hydrogens is 286 g/mol. The summed E-state index contributed by atoms with van der Waals surface area (Å²) in [6.07, 6.45) is -0.266. The number of carbonyl (C=O) groups excluding carboxylic acids is 2. The molecule has 4 nitrogen and oxygen atoms in total. The van der Waals surface area contributed by atoms with Crippen LogP contribution in [-0.4, -0.2) is 40.6 Å². The minimum atomic E-state index is -0.458. The number of hydrogen-bond acceptors (Lipinski definition) is 4. The average molecular weight is 307 g/mol. The van der Waals surface area contributed by atoms with E-state index in [9.17, 15) is 9.59 Å². The van der Waals surface area contributed by atoms with Crippen molar-refractivity contribution < 1.29 is 14.3 Å². The molecule has 0 radical (unpaired) electrons. The smallest absolute Gasteiger partial charge is 0.410 e. The third-order valence-electron chi connectivity index (χ3n) is 3.07. The molecule has 0 aliphatic carbocycles. The maximum atomic E-state index is 11.9. The predicted octanol–water partition coefficient (Wildman–Crippen LogP) is 3.43. The first-order valence-corrected chi connectivity index (χ1v) is 8.04. The lowest BCUT2D eigenvalue weighted by Crippen LogP contribution is -2.52. The summed E-state index contributed by atoms with van der Waals surface area (Å²) in [5.74, 6) is 1.11. The normalized spacial score (nSPS) is 15.5. The van der Waals surface area contributed by atoms with Gasteiger partial charge in [-0.25, -0.2) is 4.79 Å². The number of amides is 1. The lowest BCUT2D eigenvalue weighted by molar-refractivity contribution is 0.00217. The van der Waals surface area contributed by atoms with Crippen molar-refractivity contribution >= 4 is 23.0 Å². The first kappa shape index (κ1) is 15.9. The van der Waals surface area contributed by atoms with Crippen LogP contribution < -0.4 is 0 Å². The first-order valence-electron chi connectivity index (χ1n) is 7.05. The van der Waals surface area contributed by atoms with E-state index in [-0.39, 0.29) is 11.2 Å². The van der Waals surface area contributed by atoms with Gasteiger partial charge in [-0.3, -0.25) is 4.79 Å². The number of likely N-dealkylation sites (tertiary alicyclic amines) is 1. The summed E-state index contributed by atoms with van der Waals surface area (Å²) < 4.78 is 5.30. The highest BCUT2D eigenvalue weighted by Crippen LogP contribution is 2.24. The van der Waals surface area contributed by atoms with Crippen molar-refractivity contribution in [3.63, 3.8) is 0 Å². The topological polar surface area (TPSA) is 46.6 Å². The lowest BCUT2D eigenvalue weighted by atomic mass is 10.0. The van der Waals surface area contributed by atoms with Crippen LogP contribution >= 0.6 is 11.8 Å². The Bertz CT molecular complexity index is 504. The van der Waals surface area contributed by atoms with Crippen LogP contribution in [-0.2, 0) is 4.74 Å². The van der Waals surface area contributed by atoms with Crippen molar-refractivity contribution in [2.75, 3.05) is 18.8 Å². The minimum absolute atomic E-state index is 0.0892. The van der Waals surface area contributed by atoms with E-state index >= 15 is 0 Å². The summed E-state index contributed by atoms with van der Waals surface area (Å²) in [5.41, 5.74) is 0.269. The molecule has 1 saturated heterocycles. The Kier molecular flexibility index (Phi) is 4.93. The summed E-state index contributed by atoms with van der Waals surface area (Å²) in [6.45, 7) is 6.91. The van der Waals surface area contributed by atoms with E-state index in [0.29, 0.717) is 19.0 Å². The van der Waals surface area contributed by atoms with Crippen LogP contribution in [0.15, 0.2) is 30.3 Å². The van der Waals surface area contributed by atoms with E-state index in [2.05, 4.69) is 0 Å². The number of thioether (sulfide) groups is 1. The molecule has 1 heterocycles. The second-order valence-corrected chi connectivity index (χ2v) is 7.21. The molecule has 2 rings (SSSR count). The maximum Gasteiger partial charge on any atom is 0.410 e. The standard InChI is InChI=1S/C16H21NO3S/c1-16(2,3)20-15(19)17-9-12(10-17)11-21-14(18)13-7-5-4-6-8-13/h4-8,12H,9-11H2,1-3H3. The highest BCUT2D eigenvalue weighted by atomic mass is 32.2. The lowest BCUT2D eigenvalue weighted by Gasteiger charge is -2.39. The Morgan fingerprint density at radius 3 is 2.43 bits per heavy atom. The van der Waals surface area contributed by atoms with Gasteiger partial charge < -0.3 is 9.64 Å². The van der Waals surface area contributed by atoms with Gasteiger partial charge in [-0.2, -0.15) is 0 Å². The number of nitrogens with zero attached hydrogens (tertiary/aromatic N) is 1. The maximum absolute atomic E-state index is 11.9. The van der Waals surface area contributed by atoms with Crippen molar-refractivity contribution in [3.8, 4) is 0 Å². The van der Waals surface area contributed by atoms with E-state index in [0.717, 1.165) is 11.3 Å². The van der Waals surface area contributed by atoms with Crippen molar-refractivity contribution in [2.24, 2.45) is 5.92 Å². The summed E-state index contributed by atoms with van der Waals surface area (Å²) in [6, 6.07) is 9.26. The zero-order valence-corrected chi connectivity index (χ0v) is 13.5. The molecule has 1 aliphatic heterocycles.